The second-order valence-corrected chi connectivity index (χ2v) is 32.2. The van der Waals surface area contributed by atoms with Crippen LogP contribution < -0.4 is 0 Å². The molecule has 0 aliphatic heterocycles. The Morgan fingerprint density at radius 2 is 0.465 bits per heavy atom. The molecule has 5 atom stereocenters. The number of rotatable bonds is 80. The number of aliphatic hydroxyl groups excluding tert-OH is 1. The highest BCUT2D eigenvalue weighted by Gasteiger charge is 2.30. The van der Waals surface area contributed by atoms with Crippen LogP contribution in [0.4, 0.5) is 0 Å². The highest BCUT2D eigenvalue weighted by Crippen LogP contribution is 2.45. The van der Waals surface area contributed by atoms with Gasteiger partial charge in [-0.25, -0.2) is 9.13 Å². The minimum absolute atomic E-state index is 0.106. The maximum atomic E-state index is 13.1. The Morgan fingerprint density at radius 3 is 0.687 bits per heavy atom. The standard InChI is InChI=1S/C80H156O17P2/c1-6-9-12-15-18-21-23-25-27-29-30-31-32-33-34-36-38-40-45-50-55-60-65-79(84)96-76(70-91-78(83)64-59-54-49-44-39-37-35-28-26-24-22-19-16-13-10-7-2)72-95-99(88,89)93-68-74(81)67-92-98(86,87)94-71-75(69-90-77(82)63-58-53-48-42-20-17-14-11-8-3)97-80(85)66-61-56-51-46-41-43-47-52-57-62-73(4)5/h73-76,81H,6-72H2,1-5H3,(H,86,87)(H,88,89)/t74-,75+,76+/m0/s1. The Hall–Kier alpha value is -1.94. The lowest BCUT2D eigenvalue weighted by molar-refractivity contribution is -0.161. The predicted molar refractivity (Wildman–Crippen MR) is 405 cm³/mol. The summed E-state index contributed by atoms with van der Waals surface area (Å²) in [5.74, 6) is -1.37. The van der Waals surface area contributed by atoms with Gasteiger partial charge in [0.15, 0.2) is 12.2 Å². The van der Waals surface area contributed by atoms with Gasteiger partial charge in [0.2, 0.25) is 0 Å². The monoisotopic (exact) mass is 1450 g/mol. The molecule has 0 aromatic rings. The Labute approximate surface area is 607 Å². The Morgan fingerprint density at radius 1 is 0.273 bits per heavy atom. The number of ether oxygens (including phenoxy) is 4. The van der Waals surface area contributed by atoms with Crippen LogP contribution >= 0.6 is 15.6 Å². The summed E-state index contributed by atoms with van der Waals surface area (Å²) >= 11 is 0. The van der Waals surface area contributed by atoms with Gasteiger partial charge in [-0.15, -0.1) is 0 Å². The molecule has 17 nitrogen and oxygen atoms in total. The maximum Gasteiger partial charge on any atom is 0.472 e. The molecular formula is C80H156O17P2. The summed E-state index contributed by atoms with van der Waals surface area (Å²) in [6.45, 7) is 7.28. The molecule has 0 bridgehead atoms. The first-order valence-electron chi connectivity index (χ1n) is 41.6. The molecular weight excluding hydrogens is 1290 g/mol. The zero-order valence-corrected chi connectivity index (χ0v) is 66.4. The molecule has 0 saturated heterocycles. The third-order valence-electron chi connectivity index (χ3n) is 18.8. The van der Waals surface area contributed by atoms with Gasteiger partial charge in [0.05, 0.1) is 26.4 Å². The highest BCUT2D eigenvalue weighted by molar-refractivity contribution is 7.47. The van der Waals surface area contributed by atoms with Crippen molar-refractivity contribution in [2.24, 2.45) is 5.92 Å². The quantitative estimate of drug-likeness (QED) is 0.0222. The van der Waals surface area contributed by atoms with E-state index in [1.165, 1.54) is 250 Å². The van der Waals surface area contributed by atoms with Crippen LogP contribution in [-0.2, 0) is 65.4 Å². The number of unbranched alkanes of at least 4 members (excludes halogenated alkanes) is 52. The number of aliphatic hydroxyl groups is 1. The molecule has 0 aromatic heterocycles. The van der Waals surface area contributed by atoms with Crippen molar-refractivity contribution >= 4 is 39.5 Å². The largest absolute Gasteiger partial charge is 0.472 e. The number of carbonyl (C=O) groups is 4. The van der Waals surface area contributed by atoms with Crippen molar-refractivity contribution in [3.05, 3.63) is 0 Å². The average molecular weight is 1450 g/mol. The second kappa shape index (κ2) is 73.0. The minimum Gasteiger partial charge on any atom is -0.462 e. The zero-order valence-electron chi connectivity index (χ0n) is 64.6. The van der Waals surface area contributed by atoms with Crippen molar-refractivity contribution in [1.29, 1.82) is 0 Å². The van der Waals surface area contributed by atoms with Crippen LogP contribution in [0.15, 0.2) is 0 Å². The first kappa shape index (κ1) is 97.1. The van der Waals surface area contributed by atoms with E-state index in [9.17, 15) is 43.2 Å². The molecule has 0 heterocycles. The molecule has 99 heavy (non-hydrogen) atoms. The highest BCUT2D eigenvalue weighted by atomic mass is 31.2. The van der Waals surface area contributed by atoms with Crippen LogP contribution in [0.25, 0.3) is 0 Å². The van der Waals surface area contributed by atoms with Gasteiger partial charge in [0.1, 0.15) is 19.3 Å². The molecule has 0 aliphatic rings. The molecule has 0 saturated carbocycles. The number of phosphoric ester groups is 2. The van der Waals surface area contributed by atoms with Gasteiger partial charge in [-0.3, -0.25) is 37.3 Å². The predicted octanol–water partition coefficient (Wildman–Crippen LogP) is 24.0. The molecule has 0 fully saturated rings. The molecule has 2 unspecified atom stereocenters. The number of phosphoric acid groups is 2. The van der Waals surface area contributed by atoms with E-state index in [1.54, 1.807) is 0 Å². The summed E-state index contributed by atoms with van der Waals surface area (Å²) in [7, 11) is -9.91. The molecule has 0 aliphatic carbocycles. The summed E-state index contributed by atoms with van der Waals surface area (Å²) in [4.78, 5) is 72.9. The fourth-order valence-electron chi connectivity index (χ4n) is 12.4. The van der Waals surface area contributed by atoms with Gasteiger partial charge in [0, 0.05) is 25.7 Å². The Kier molecular flexibility index (Phi) is 71.6. The topological polar surface area (TPSA) is 237 Å². The zero-order chi connectivity index (χ0) is 72.7. The van der Waals surface area contributed by atoms with E-state index >= 15 is 0 Å². The van der Waals surface area contributed by atoms with Crippen molar-refractivity contribution in [2.45, 2.75) is 445 Å². The van der Waals surface area contributed by atoms with E-state index in [4.69, 9.17) is 37.0 Å². The van der Waals surface area contributed by atoms with Crippen LogP contribution in [0, 0.1) is 5.92 Å². The van der Waals surface area contributed by atoms with Crippen molar-refractivity contribution in [2.75, 3.05) is 39.6 Å². The average Bonchev–Trinajstić information content (AvgIpc) is 1.02. The normalized spacial score (nSPS) is 13.9. The summed E-state index contributed by atoms with van der Waals surface area (Å²) in [5.41, 5.74) is 0. The fourth-order valence-corrected chi connectivity index (χ4v) is 14.0. The van der Waals surface area contributed by atoms with E-state index < -0.39 is 97.5 Å². The van der Waals surface area contributed by atoms with E-state index in [1.807, 2.05) is 0 Å². The van der Waals surface area contributed by atoms with Gasteiger partial charge < -0.3 is 33.8 Å². The lowest BCUT2D eigenvalue weighted by atomic mass is 10.0. The summed E-state index contributed by atoms with van der Waals surface area (Å²) in [6.07, 6.45) is 64.0. The van der Waals surface area contributed by atoms with E-state index in [2.05, 4.69) is 34.6 Å². The van der Waals surface area contributed by atoms with Crippen LogP contribution in [0.5, 0.6) is 0 Å². The van der Waals surface area contributed by atoms with Crippen molar-refractivity contribution in [1.82, 2.24) is 0 Å². The lowest BCUT2D eigenvalue weighted by Crippen LogP contribution is -2.30. The van der Waals surface area contributed by atoms with Crippen molar-refractivity contribution in [3.8, 4) is 0 Å². The summed E-state index contributed by atoms with van der Waals surface area (Å²) in [5, 5.41) is 10.6. The SMILES string of the molecule is CCCCCCCCCCCCCCCCCCCCCCCCC(=O)O[C@H](COC(=O)CCCCCCCCCCCCCCCCCC)COP(=O)(O)OC[C@@H](O)COP(=O)(O)OC[C@@H](COC(=O)CCCCCCCCCCC)OC(=O)CCCCCCCCCCCC(C)C. The second-order valence-electron chi connectivity index (χ2n) is 29.3. The minimum atomic E-state index is -4.96. The van der Waals surface area contributed by atoms with Gasteiger partial charge in [-0.05, 0) is 31.6 Å². The lowest BCUT2D eigenvalue weighted by Gasteiger charge is -2.21. The molecule has 0 radical (unpaired) electrons. The third kappa shape index (κ3) is 74.1. The summed E-state index contributed by atoms with van der Waals surface area (Å²) < 4.78 is 68.6. The van der Waals surface area contributed by atoms with Gasteiger partial charge in [-0.2, -0.15) is 0 Å². The number of hydrogen-bond acceptors (Lipinski definition) is 15. The van der Waals surface area contributed by atoms with Crippen LogP contribution in [0.1, 0.15) is 426 Å². The molecule has 0 spiro atoms. The molecule has 0 amide bonds. The fraction of sp³-hybridized carbons (Fsp3) is 0.950. The van der Waals surface area contributed by atoms with E-state index in [0.29, 0.717) is 25.7 Å². The van der Waals surface area contributed by atoms with E-state index in [-0.39, 0.29) is 25.7 Å². The van der Waals surface area contributed by atoms with Crippen molar-refractivity contribution in [3.63, 3.8) is 0 Å². The molecule has 0 aromatic carbocycles. The summed E-state index contributed by atoms with van der Waals surface area (Å²) in [6, 6.07) is 0. The number of carbonyl (C=O) groups excluding carboxylic acids is 4. The smallest absolute Gasteiger partial charge is 0.462 e. The molecule has 19 heteroatoms. The van der Waals surface area contributed by atoms with Gasteiger partial charge in [-0.1, -0.05) is 375 Å². The molecule has 3 N–H and O–H groups in total. The van der Waals surface area contributed by atoms with Gasteiger partial charge in [0.25, 0.3) is 0 Å². The molecule has 0 rings (SSSR count). The maximum absolute atomic E-state index is 13.1. The third-order valence-corrected chi connectivity index (χ3v) is 20.7. The van der Waals surface area contributed by atoms with Crippen LogP contribution in [-0.4, -0.2) is 96.7 Å². The van der Waals surface area contributed by atoms with Crippen LogP contribution in [0.3, 0.4) is 0 Å². The van der Waals surface area contributed by atoms with Gasteiger partial charge >= 0.3 is 39.5 Å². The van der Waals surface area contributed by atoms with Crippen LogP contribution in [0.2, 0.25) is 0 Å². The van der Waals surface area contributed by atoms with E-state index in [0.717, 1.165) is 95.8 Å². The first-order chi connectivity index (χ1) is 48.0. The number of hydrogen-bond donors (Lipinski definition) is 3. The Bertz CT molecular complexity index is 1890. The number of esters is 4. The Balaban J connectivity index is 5.18. The molecule has 588 valence electrons. The first-order valence-corrected chi connectivity index (χ1v) is 44.6. The van der Waals surface area contributed by atoms with Crippen molar-refractivity contribution < 1.29 is 80.2 Å².